The molecule has 3 aromatic heterocycles. The van der Waals surface area contributed by atoms with Gasteiger partial charge in [0.2, 0.25) is 0 Å². The molecule has 3 aliphatic heterocycles. The maximum Gasteiger partial charge on any atom is 0.472 e. The topological polar surface area (TPSA) is 415 Å². The molecule has 2 unspecified atom stereocenters. The summed E-state index contributed by atoms with van der Waals surface area (Å²) in [4.78, 5) is 89.5. The van der Waals surface area contributed by atoms with Gasteiger partial charge in [0.25, 0.3) is 0 Å². The molecule has 0 aliphatic carbocycles. The lowest BCUT2D eigenvalue weighted by Gasteiger charge is -2.28. The summed E-state index contributed by atoms with van der Waals surface area (Å²) < 4.78 is 78.1. The largest absolute Gasteiger partial charge is 0.472 e. The molecule has 3 aromatic rings. The number of nitrogens with two attached hydrogens (primary N) is 2. The van der Waals surface area contributed by atoms with E-state index in [1.165, 1.54) is 38.9 Å². The van der Waals surface area contributed by atoms with Crippen LogP contribution < -0.4 is 17.2 Å². The number of hydrogen-bond acceptors (Lipinski definition) is 24. The average Bonchev–Trinajstić information content (AvgIpc) is 4.07. The molecule has 6 rings (SSSR count). The normalized spacial score (nSPS) is 25.9. The van der Waals surface area contributed by atoms with Gasteiger partial charge in [-0.25, -0.2) is 33.7 Å². The molecule has 3 aliphatic rings. The molecule has 0 radical (unpaired) electrons. The summed E-state index contributed by atoms with van der Waals surface area (Å²) in [5, 5.41) is 14.9. The van der Waals surface area contributed by atoms with Crippen LogP contribution >= 0.6 is 37.2 Å². The monoisotopic (exact) mass is 1050 g/mol. The van der Waals surface area contributed by atoms with E-state index >= 15 is 0 Å². The second kappa shape index (κ2) is 23.8. The Labute approximate surface area is 399 Å². The van der Waals surface area contributed by atoms with Crippen molar-refractivity contribution < 1.29 is 80.5 Å². The lowest BCUT2D eigenvalue weighted by atomic mass is 10.1. The molecule has 0 aromatic carbocycles. The first-order valence-corrected chi connectivity index (χ1v) is 26.3. The molecule has 0 bridgehead atoms. The van der Waals surface area contributed by atoms with Crippen molar-refractivity contribution in [3.05, 3.63) is 45.8 Å². The lowest BCUT2D eigenvalue weighted by Crippen LogP contribution is -2.42. The standard InChI is InChI=1S/C35H52N12O18P2S2/c1-35(2,3)69-68-13-11-45(34(51)58-18-42-44-38)9-4-6-22(48)63-26-19(61-31(25(26)49)47-17-41-24-29(37)39-16-40-30(24)47)15-60-67(55,56)65-27-20(14-59-66(52,53)54)62-32(28(27)64-23-7-5-12-57-23)46-10-8-21(36)43-33(46)50/h8,10,16-17,19-20,23,25-28,31-32,49H,4-7,9,11-15,18H2,1-3H3,(H,55,56)(H2,36,43,50)(H2,37,39,40)(H2,52,53,54)/t19-,20-,23?,25-,26-,27-,28-,31-,32-/m1/s1. The van der Waals surface area contributed by atoms with Gasteiger partial charge in [0.1, 0.15) is 48.2 Å². The first kappa shape index (κ1) is 54.1. The van der Waals surface area contributed by atoms with Crippen molar-refractivity contribution in [1.82, 2.24) is 34.0 Å². The van der Waals surface area contributed by atoms with Crippen molar-refractivity contribution in [1.29, 1.82) is 0 Å². The molecule has 6 heterocycles. The van der Waals surface area contributed by atoms with E-state index in [1.807, 2.05) is 20.8 Å². The third-order valence-corrected chi connectivity index (χ3v) is 14.8. The van der Waals surface area contributed by atoms with Gasteiger partial charge in [-0.1, -0.05) is 47.5 Å². The number of phosphoric ester groups is 2. The number of nitrogens with zero attached hydrogens (tertiary/aromatic N) is 10. The molecule has 34 heteroatoms. The molecule has 3 fully saturated rings. The number of esters is 1. The minimum atomic E-state index is -5.40. The molecular weight excluding hydrogens is 1000 g/mol. The Morgan fingerprint density at radius 2 is 1.78 bits per heavy atom. The number of hydrogen-bond donors (Lipinski definition) is 6. The van der Waals surface area contributed by atoms with Crippen LogP contribution in [0.1, 0.15) is 58.9 Å². The van der Waals surface area contributed by atoms with Crippen molar-refractivity contribution in [3.8, 4) is 0 Å². The Kier molecular flexibility index (Phi) is 18.7. The Morgan fingerprint density at radius 3 is 2.48 bits per heavy atom. The number of carbonyl (C=O) groups excluding carboxylic acids is 2. The van der Waals surface area contributed by atoms with Gasteiger partial charge in [0, 0.05) is 54.1 Å². The number of phosphoric acid groups is 2. The van der Waals surface area contributed by atoms with Crippen LogP contribution in [-0.4, -0.2) is 159 Å². The fourth-order valence-corrected chi connectivity index (χ4v) is 10.6. The second-order valence-corrected chi connectivity index (χ2v) is 22.1. The molecule has 69 heavy (non-hydrogen) atoms. The van der Waals surface area contributed by atoms with Gasteiger partial charge >= 0.3 is 33.4 Å². The number of imidazole rings is 1. The van der Waals surface area contributed by atoms with Crippen molar-refractivity contribution in [2.45, 2.75) is 107 Å². The van der Waals surface area contributed by atoms with Gasteiger partial charge in [0.15, 0.2) is 43.0 Å². The molecule has 382 valence electrons. The Hall–Kier alpha value is -4.20. The van der Waals surface area contributed by atoms with E-state index in [0.29, 0.717) is 18.6 Å². The zero-order chi connectivity index (χ0) is 50.1. The predicted octanol–water partition coefficient (Wildman–Crippen LogP) is 2.11. The highest BCUT2D eigenvalue weighted by molar-refractivity contribution is 8.77. The number of fused-ring (bicyclic) bond motifs is 1. The van der Waals surface area contributed by atoms with E-state index in [1.54, 1.807) is 10.8 Å². The van der Waals surface area contributed by atoms with Gasteiger partial charge in [0.05, 0.1) is 19.5 Å². The number of anilines is 2. The maximum atomic E-state index is 14.0. The average molecular weight is 1050 g/mol. The van der Waals surface area contributed by atoms with E-state index in [2.05, 4.69) is 34.5 Å². The number of aliphatic hydroxyl groups excluding tert-OH is 1. The van der Waals surface area contributed by atoms with Crippen LogP contribution in [0.3, 0.4) is 0 Å². The molecule has 1 amide bonds. The second-order valence-electron chi connectivity index (χ2n) is 16.2. The van der Waals surface area contributed by atoms with Crippen molar-refractivity contribution in [3.63, 3.8) is 0 Å². The smallest absolute Gasteiger partial charge is 0.457 e. The predicted molar refractivity (Wildman–Crippen MR) is 240 cm³/mol. The molecule has 30 nitrogen and oxygen atoms in total. The lowest BCUT2D eigenvalue weighted by molar-refractivity contribution is -0.181. The van der Waals surface area contributed by atoms with Crippen LogP contribution in [0.4, 0.5) is 16.4 Å². The van der Waals surface area contributed by atoms with Crippen molar-refractivity contribution in [2.24, 2.45) is 5.11 Å². The SMILES string of the molecule is CC(C)(C)SSCCN(CCCC(=O)O[C@H]1[C@@H](O)[C@H](n2cnc3c(N)ncnc32)O[C@@H]1COP(=O)(O)O[C@H]1[C@@H](OC2CCCO2)[C@H](n2ccc(N)nc2=O)O[C@@H]1COP(=O)(O)O)C(=O)OCN=[N+]=[N-]. The molecular formula is C35H52N12O18P2S2. The third kappa shape index (κ3) is 15.2. The minimum absolute atomic E-state index is 0.00308. The number of rotatable bonds is 23. The van der Waals surface area contributed by atoms with Crippen molar-refractivity contribution >= 4 is 72.1 Å². The highest BCUT2D eigenvalue weighted by atomic mass is 33.1. The summed E-state index contributed by atoms with van der Waals surface area (Å²) in [6, 6.07) is 1.25. The first-order valence-electron chi connectivity index (χ1n) is 20.9. The van der Waals surface area contributed by atoms with Crippen LogP contribution in [0, 0.1) is 0 Å². The summed E-state index contributed by atoms with van der Waals surface area (Å²) in [5.74, 6) is -0.546. The van der Waals surface area contributed by atoms with Gasteiger partial charge in [-0.2, -0.15) is 4.98 Å². The highest BCUT2D eigenvalue weighted by Crippen LogP contribution is 2.51. The number of carbonyl (C=O) groups is 2. The van der Waals surface area contributed by atoms with Gasteiger partial charge in [-0.05, 0) is 24.4 Å². The molecule has 0 saturated carbocycles. The molecule has 3 saturated heterocycles. The summed E-state index contributed by atoms with van der Waals surface area (Å²) in [7, 11) is -7.46. The third-order valence-electron chi connectivity index (χ3n) is 10.0. The van der Waals surface area contributed by atoms with E-state index < -0.39 is 109 Å². The van der Waals surface area contributed by atoms with E-state index in [4.69, 9.17) is 54.5 Å². The van der Waals surface area contributed by atoms with E-state index in [-0.39, 0.29) is 60.1 Å². The number of amides is 1. The number of aromatic nitrogens is 6. The van der Waals surface area contributed by atoms with Crippen LogP contribution in [0.5, 0.6) is 0 Å². The number of aliphatic hydroxyl groups is 1. The maximum absolute atomic E-state index is 14.0. The van der Waals surface area contributed by atoms with Gasteiger partial charge in [-0.3, -0.25) is 27.5 Å². The molecule has 10 atom stereocenters. The summed E-state index contributed by atoms with van der Waals surface area (Å²) in [6.45, 7) is 4.17. The van der Waals surface area contributed by atoms with Crippen molar-refractivity contribution in [2.75, 3.05) is 56.9 Å². The van der Waals surface area contributed by atoms with Crippen LogP contribution in [-0.2, 0) is 55.9 Å². The van der Waals surface area contributed by atoms with Gasteiger partial charge < -0.3 is 64.6 Å². The molecule has 0 spiro atoms. The van der Waals surface area contributed by atoms with Gasteiger partial charge in [-0.15, -0.1) is 0 Å². The Bertz CT molecular complexity index is 2450. The molecule has 8 N–H and O–H groups in total. The van der Waals surface area contributed by atoms with Crippen LogP contribution in [0.25, 0.3) is 21.6 Å². The summed E-state index contributed by atoms with van der Waals surface area (Å²) >= 11 is 0. The van der Waals surface area contributed by atoms with E-state index in [9.17, 15) is 43.3 Å². The van der Waals surface area contributed by atoms with Crippen LogP contribution in [0.2, 0.25) is 0 Å². The highest BCUT2D eigenvalue weighted by Gasteiger charge is 2.54. The number of nitrogen functional groups attached to an aromatic ring is 2. The zero-order valence-corrected chi connectivity index (χ0v) is 40.5. The van der Waals surface area contributed by atoms with Crippen LogP contribution in [0.15, 0.2) is 34.8 Å². The fraction of sp³-hybridized carbons (Fsp3) is 0.686. The number of azide groups is 1. The zero-order valence-electron chi connectivity index (χ0n) is 37.1. The fourth-order valence-electron chi connectivity index (χ4n) is 7.08. The Morgan fingerprint density at radius 1 is 1.04 bits per heavy atom. The summed E-state index contributed by atoms with van der Waals surface area (Å²) in [5.41, 5.74) is 19.6. The Balaban J connectivity index is 1.20. The first-order chi connectivity index (χ1) is 32.6. The minimum Gasteiger partial charge on any atom is -0.457 e. The van der Waals surface area contributed by atoms with E-state index in [0.717, 1.165) is 10.9 Å². The summed E-state index contributed by atoms with van der Waals surface area (Å²) in [6.07, 6.45) is -10.3. The number of ether oxygens (including phenoxy) is 6. The quantitative estimate of drug-likeness (QED) is 0.0151.